The van der Waals surface area contributed by atoms with E-state index < -0.39 is 5.56 Å². The molecule has 0 spiro atoms. The molecule has 3 heterocycles. The zero-order valence-electron chi connectivity index (χ0n) is 15.2. The number of rotatable bonds is 5. The molecule has 3 rings (SSSR count). The van der Waals surface area contributed by atoms with Gasteiger partial charge >= 0.3 is 0 Å². The van der Waals surface area contributed by atoms with Gasteiger partial charge in [-0.25, -0.2) is 5.10 Å². The summed E-state index contributed by atoms with van der Waals surface area (Å²) in [5.74, 6) is 1.41. The van der Waals surface area contributed by atoms with E-state index in [2.05, 4.69) is 22.4 Å². The number of H-pyrrole nitrogens is 1. The number of aromatic nitrogens is 2. The zero-order valence-corrected chi connectivity index (χ0v) is 15.9. The fourth-order valence-electron chi connectivity index (χ4n) is 3.76. The van der Waals surface area contributed by atoms with E-state index in [1.165, 1.54) is 18.9 Å². The molecule has 26 heavy (non-hydrogen) atoms. The van der Waals surface area contributed by atoms with E-state index >= 15 is 0 Å². The van der Waals surface area contributed by atoms with Crippen LogP contribution in [0.15, 0.2) is 10.9 Å². The number of amides is 1. The maximum atomic E-state index is 12.8. The first-order valence-electron chi connectivity index (χ1n) is 9.46. The zero-order chi connectivity index (χ0) is 18.5. The normalized spacial score (nSPS) is 26.5. The van der Waals surface area contributed by atoms with Crippen molar-refractivity contribution in [2.24, 2.45) is 11.8 Å². The largest absolute Gasteiger partial charge is 0.376 e. The Hall–Kier alpha value is -1.60. The lowest BCUT2D eigenvalue weighted by Gasteiger charge is -2.23. The lowest BCUT2D eigenvalue weighted by atomic mass is 9.98. The topological polar surface area (TPSA) is 87.3 Å². The van der Waals surface area contributed by atoms with Crippen LogP contribution in [0.1, 0.15) is 39.0 Å². The van der Waals surface area contributed by atoms with E-state index in [0.29, 0.717) is 25.4 Å². The number of hydrogen-bond acceptors (Lipinski definition) is 5. The molecule has 2 aliphatic heterocycles. The van der Waals surface area contributed by atoms with Gasteiger partial charge in [-0.2, -0.15) is 5.10 Å². The minimum absolute atomic E-state index is 0.0492. The SMILES string of the molecule is CCC1CCCN(C(=O)[C@@H]2CO[C@H](CNc3cc(Cl)c(=O)[nH]n3)C2)CC1. The maximum Gasteiger partial charge on any atom is 0.283 e. The van der Waals surface area contributed by atoms with Gasteiger partial charge in [0.2, 0.25) is 5.91 Å². The Balaban J connectivity index is 1.47. The summed E-state index contributed by atoms with van der Waals surface area (Å²) in [6, 6.07) is 1.49. The molecule has 1 unspecified atom stereocenters. The summed E-state index contributed by atoms with van der Waals surface area (Å²) in [4.78, 5) is 26.1. The molecule has 0 bridgehead atoms. The number of nitrogens with one attached hydrogen (secondary N) is 2. The lowest BCUT2D eigenvalue weighted by molar-refractivity contribution is -0.135. The first-order chi connectivity index (χ1) is 12.6. The summed E-state index contributed by atoms with van der Waals surface area (Å²) < 4.78 is 5.78. The summed E-state index contributed by atoms with van der Waals surface area (Å²) in [6.07, 6.45) is 5.29. The second-order valence-electron chi connectivity index (χ2n) is 7.23. The number of nitrogens with zero attached hydrogens (tertiary/aromatic N) is 2. The van der Waals surface area contributed by atoms with Crippen molar-refractivity contribution in [3.05, 3.63) is 21.4 Å². The summed E-state index contributed by atoms with van der Waals surface area (Å²) in [6.45, 7) is 4.97. The predicted molar refractivity (Wildman–Crippen MR) is 100 cm³/mol. The highest BCUT2D eigenvalue weighted by atomic mass is 35.5. The highest BCUT2D eigenvalue weighted by Gasteiger charge is 2.34. The van der Waals surface area contributed by atoms with Gasteiger partial charge in [-0.05, 0) is 31.6 Å². The third kappa shape index (κ3) is 4.76. The highest BCUT2D eigenvalue weighted by Crippen LogP contribution is 2.25. The molecule has 0 radical (unpaired) electrons. The summed E-state index contributed by atoms with van der Waals surface area (Å²) >= 11 is 5.79. The molecule has 0 aliphatic carbocycles. The van der Waals surface area contributed by atoms with Crippen molar-refractivity contribution in [2.45, 2.75) is 45.1 Å². The van der Waals surface area contributed by atoms with Crippen LogP contribution in [0, 0.1) is 11.8 Å². The van der Waals surface area contributed by atoms with Gasteiger partial charge in [0.1, 0.15) is 10.8 Å². The second kappa shape index (κ2) is 8.86. The average Bonchev–Trinajstić information content (AvgIpc) is 2.99. The fraction of sp³-hybridized carbons (Fsp3) is 0.722. The van der Waals surface area contributed by atoms with Gasteiger partial charge in [0, 0.05) is 25.7 Å². The van der Waals surface area contributed by atoms with E-state index in [0.717, 1.165) is 31.8 Å². The van der Waals surface area contributed by atoms with Gasteiger partial charge in [-0.3, -0.25) is 9.59 Å². The third-order valence-electron chi connectivity index (χ3n) is 5.44. The van der Waals surface area contributed by atoms with Crippen LogP contribution in [0.3, 0.4) is 0 Å². The van der Waals surface area contributed by atoms with E-state index in [1.54, 1.807) is 0 Å². The Morgan fingerprint density at radius 3 is 3.08 bits per heavy atom. The van der Waals surface area contributed by atoms with E-state index in [-0.39, 0.29) is 23.0 Å². The van der Waals surface area contributed by atoms with E-state index in [1.807, 2.05) is 4.90 Å². The monoisotopic (exact) mass is 382 g/mol. The van der Waals surface area contributed by atoms with Gasteiger partial charge in [-0.15, -0.1) is 0 Å². The minimum Gasteiger partial charge on any atom is -0.376 e. The van der Waals surface area contributed by atoms with Gasteiger partial charge in [0.15, 0.2) is 0 Å². The van der Waals surface area contributed by atoms with Crippen LogP contribution in [-0.2, 0) is 9.53 Å². The molecular weight excluding hydrogens is 356 g/mol. The third-order valence-corrected chi connectivity index (χ3v) is 5.72. The van der Waals surface area contributed by atoms with Crippen LogP contribution in [0.25, 0.3) is 0 Å². The molecule has 3 atom stereocenters. The number of aromatic amines is 1. The van der Waals surface area contributed by atoms with Crippen molar-refractivity contribution >= 4 is 23.3 Å². The number of likely N-dealkylation sites (tertiary alicyclic amines) is 1. The number of halogens is 1. The van der Waals surface area contributed by atoms with Gasteiger partial charge in [-0.1, -0.05) is 24.9 Å². The quantitative estimate of drug-likeness (QED) is 0.815. The van der Waals surface area contributed by atoms with Crippen molar-refractivity contribution in [3.8, 4) is 0 Å². The Bertz CT molecular complexity index is 681. The van der Waals surface area contributed by atoms with Crippen LogP contribution in [0.5, 0.6) is 0 Å². The van der Waals surface area contributed by atoms with Crippen molar-refractivity contribution < 1.29 is 9.53 Å². The first-order valence-corrected chi connectivity index (χ1v) is 9.84. The molecule has 7 nitrogen and oxygen atoms in total. The van der Waals surface area contributed by atoms with Crippen molar-refractivity contribution in [1.29, 1.82) is 0 Å². The second-order valence-corrected chi connectivity index (χ2v) is 7.64. The Kier molecular flexibility index (Phi) is 6.53. The predicted octanol–water partition coefficient (Wildman–Crippen LogP) is 2.28. The van der Waals surface area contributed by atoms with E-state index in [4.69, 9.17) is 16.3 Å². The molecule has 1 aromatic rings. The van der Waals surface area contributed by atoms with Crippen molar-refractivity contribution in [1.82, 2.24) is 15.1 Å². The molecule has 1 aromatic heterocycles. The molecule has 1 amide bonds. The Morgan fingerprint density at radius 2 is 2.31 bits per heavy atom. The average molecular weight is 383 g/mol. The number of ether oxygens (including phenoxy) is 1. The molecule has 2 N–H and O–H groups in total. The smallest absolute Gasteiger partial charge is 0.283 e. The molecule has 0 aromatic carbocycles. The van der Waals surface area contributed by atoms with Crippen LogP contribution in [0.4, 0.5) is 5.82 Å². The van der Waals surface area contributed by atoms with Gasteiger partial charge in [0.05, 0.1) is 18.6 Å². The minimum atomic E-state index is -0.414. The van der Waals surface area contributed by atoms with Crippen LogP contribution in [0.2, 0.25) is 5.02 Å². The maximum absolute atomic E-state index is 12.8. The van der Waals surface area contributed by atoms with Crippen LogP contribution < -0.4 is 10.9 Å². The first kappa shape index (κ1) is 19.2. The fourth-order valence-corrected chi connectivity index (χ4v) is 3.91. The van der Waals surface area contributed by atoms with Crippen LogP contribution >= 0.6 is 11.6 Å². The van der Waals surface area contributed by atoms with Gasteiger partial charge < -0.3 is 15.0 Å². The van der Waals surface area contributed by atoms with Crippen LogP contribution in [-0.4, -0.2) is 53.3 Å². The molecule has 8 heteroatoms. The standard InChI is InChI=1S/C18H27ClN4O3/c1-2-12-4-3-6-23(7-5-12)18(25)13-8-14(26-11-13)10-20-16-9-15(19)17(24)22-21-16/h9,12-14H,2-8,10-11H2,1H3,(H,20,21)(H,22,24)/t12?,13-,14-/m0/s1. The number of hydrogen-bond donors (Lipinski definition) is 2. The van der Waals surface area contributed by atoms with Gasteiger partial charge in [0.25, 0.3) is 5.56 Å². The van der Waals surface area contributed by atoms with Crippen molar-refractivity contribution in [3.63, 3.8) is 0 Å². The Labute approximate surface area is 158 Å². The summed E-state index contributed by atoms with van der Waals surface area (Å²) in [5, 5.41) is 9.41. The summed E-state index contributed by atoms with van der Waals surface area (Å²) in [7, 11) is 0. The molecule has 0 saturated carbocycles. The number of carbonyl (C=O) groups excluding carboxylic acids is 1. The lowest BCUT2D eigenvalue weighted by Crippen LogP contribution is -2.37. The Morgan fingerprint density at radius 1 is 1.46 bits per heavy atom. The molecule has 2 fully saturated rings. The van der Waals surface area contributed by atoms with E-state index in [9.17, 15) is 9.59 Å². The number of carbonyl (C=O) groups is 1. The molecule has 144 valence electrons. The molecular formula is C18H27ClN4O3. The highest BCUT2D eigenvalue weighted by molar-refractivity contribution is 6.30. The summed E-state index contributed by atoms with van der Waals surface area (Å²) in [5.41, 5.74) is -0.414. The van der Waals surface area contributed by atoms with Crippen molar-refractivity contribution in [2.75, 3.05) is 31.6 Å². The number of anilines is 1. The molecule has 2 aliphatic rings. The molecule has 2 saturated heterocycles.